The molecule has 1 fully saturated rings. The summed E-state index contributed by atoms with van der Waals surface area (Å²) >= 11 is 6.05. The van der Waals surface area contributed by atoms with E-state index in [1.165, 1.54) is 25.7 Å². The van der Waals surface area contributed by atoms with Crippen molar-refractivity contribution in [1.29, 1.82) is 0 Å². The Hall–Kier alpha value is -1.28. The largest absolute Gasteiger partial charge is 0.382 e. The smallest absolute Gasteiger partial charge is 0.0723 e. The minimum atomic E-state index is 0.611. The molecule has 0 saturated heterocycles. The summed E-state index contributed by atoms with van der Waals surface area (Å²) in [5, 5.41) is 5.49. The fourth-order valence-corrected chi connectivity index (χ4v) is 2.71. The highest BCUT2D eigenvalue weighted by Gasteiger charge is 2.15. The van der Waals surface area contributed by atoms with E-state index < -0.39 is 0 Å². The van der Waals surface area contributed by atoms with Crippen LogP contribution in [0.3, 0.4) is 0 Å². The molecule has 88 valence electrons. The molecule has 0 bridgehead atoms. The van der Waals surface area contributed by atoms with Gasteiger partial charge in [0.1, 0.15) is 0 Å². The van der Waals surface area contributed by atoms with Gasteiger partial charge in [0.05, 0.1) is 5.52 Å². The molecule has 1 aromatic carbocycles. The average molecular weight is 247 g/mol. The van der Waals surface area contributed by atoms with Gasteiger partial charge in [-0.15, -0.1) is 0 Å². The van der Waals surface area contributed by atoms with Gasteiger partial charge >= 0.3 is 0 Å². The highest BCUT2D eigenvalue weighted by Crippen LogP contribution is 2.28. The molecule has 17 heavy (non-hydrogen) atoms. The molecule has 0 radical (unpaired) electrons. The third kappa shape index (κ3) is 2.22. The molecule has 1 saturated carbocycles. The zero-order chi connectivity index (χ0) is 11.7. The molecule has 1 N–H and O–H groups in total. The van der Waals surface area contributed by atoms with Crippen LogP contribution in [0.15, 0.2) is 30.5 Å². The van der Waals surface area contributed by atoms with Crippen LogP contribution < -0.4 is 5.32 Å². The predicted molar refractivity (Wildman–Crippen MR) is 72.6 cm³/mol. The summed E-state index contributed by atoms with van der Waals surface area (Å²) in [6, 6.07) is 8.49. The van der Waals surface area contributed by atoms with Gasteiger partial charge in [-0.05, 0) is 37.1 Å². The van der Waals surface area contributed by atoms with Crippen molar-refractivity contribution >= 4 is 28.2 Å². The fourth-order valence-electron chi connectivity index (χ4n) is 2.53. The second kappa shape index (κ2) is 4.53. The SMILES string of the molecule is Clc1ccc2nccc(NC3CCCC3)c2c1. The highest BCUT2D eigenvalue weighted by molar-refractivity contribution is 6.31. The van der Waals surface area contributed by atoms with Gasteiger partial charge in [-0.1, -0.05) is 24.4 Å². The van der Waals surface area contributed by atoms with E-state index in [-0.39, 0.29) is 0 Å². The Kier molecular flexibility index (Phi) is 2.89. The van der Waals surface area contributed by atoms with Crippen LogP contribution in [0, 0.1) is 0 Å². The van der Waals surface area contributed by atoms with Gasteiger partial charge in [0, 0.05) is 28.3 Å². The van der Waals surface area contributed by atoms with Crippen molar-refractivity contribution in [2.24, 2.45) is 0 Å². The minimum absolute atomic E-state index is 0.611. The van der Waals surface area contributed by atoms with E-state index in [1.807, 2.05) is 30.5 Å². The summed E-state index contributed by atoms with van der Waals surface area (Å²) in [4.78, 5) is 4.36. The van der Waals surface area contributed by atoms with E-state index in [4.69, 9.17) is 11.6 Å². The molecule has 1 aliphatic rings. The van der Waals surface area contributed by atoms with Crippen LogP contribution in [0.25, 0.3) is 10.9 Å². The van der Waals surface area contributed by atoms with Gasteiger partial charge in [-0.25, -0.2) is 0 Å². The number of fused-ring (bicyclic) bond motifs is 1. The van der Waals surface area contributed by atoms with Crippen LogP contribution in [0.2, 0.25) is 5.02 Å². The van der Waals surface area contributed by atoms with Crippen LogP contribution in [-0.2, 0) is 0 Å². The second-order valence-electron chi connectivity index (χ2n) is 4.65. The molecule has 1 heterocycles. The number of hydrogen-bond acceptors (Lipinski definition) is 2. The number of nitrogens with one attached hydrogen (secondary N) is 1. The van der Waals surface area contributed by atoms with Crippen LogP contribution in [0.5, 0.6) is 0 Å². The standard InChI is InChI=1S/C14H15ClN2/c15-10-5-6-13-12(9-10)14(7-8-16-13)17-11-3-1-2-4-11/h5-9,11H,1-4H2,(H,16,17). The Morgan fingerprint density at radius 2 is 2.00 bits per heavy atom. The van der Waals surface area contributed by atoms with Crippen LogP contribution in [-0.4, -0.2) is 11.0 Å². The molecule has 0 amide bonds. The van der Waals surface area contributed by atoms with Crippen LogP contribution >= 0.6 is 11.6 Å². The van der Waals surface area contributed by atoms with E-state index in [1.54, 1.807) is 0 Å². The quantitative estimate of drug-likeness (QED) is 0.857. The van der Waals surface area contributed by atoms with Gasteiger partial charge in [-0.2, -0.15) is 0 Å². The summed E-state index contributed by atoms with van der Waals surface area (Å²) in [7, 11) is 0. The summed E-state index contributed by atoms with van der Waals surface area (Å²) in [6.07, 6.45) is 7.06. The number of benzene rings is 1. The van der Waals surface area contributed by atoms with E-state index in [2.05, 4.69) is 10.3 Å². The van der Waals surface area contributed by atoms with Gasteiger partial charge < -0.3 is 5.32 Å². The third-order valence-electron chi connectivity index (χ3n) is 3.42. The number of aromatic nitrogens is 1. The van der Waals surface area contributed by atoms with E-state index in [9.17, 15) is 0 Å². The molecule has 0 unspecified atom stereocenters. The van der Waals surface area contributed by atoms with Crippen molar-refractivity contribution < 1.29 is 0 Å². The summed E-state index contributed by atoms with van der Waals surface area (Å²) in [6.45, 7) is 0. The Bertz CT molecular complexity index is 533. The van der Waals surface area contributed by atoms with E-state index >= 15 is 0 Å². The first-order valence-electron chi connectivity index (χ1n) is 6.14. The van der Waals surface area contributed by atoms with Crippen molar-refractivity contribution in [2.45, 2.75) is 31.7 Å². The topological polar surface area (TPSA) is 24.9 Å². The lowest BCUT2D eigenvalue weighted by Gasteiger charge is -2.15. The number of nitrogens with zero attached hydrogens (tertiary/aromatic N) is 1. The minimum Gasteiger partial charge on any atom is -0.382 e. The number of anilines is 1. The lowest BCUT2D eigenvalue weighted by atomic mass is 10.1. The maximum Gasteiger partial charge on any atom is 0.0723 e. The van der Waals surface area contributed by atoms with Gasteiger partial charge in [0.2, 0.25) is 0 Å². The number of rotatable bonds is 2. The Morgan fingerprint density at radius 1 is 1.18 bits per heavy atom. The molecule has 0 aliphatic heterocycles. The number of pyridine rings is 1. The van der Waals surface area contributed by atoms with Gasteiger partial charge in [-0.3, -0.25) is 4.98 Å². The van der Waals surface area contributed by atoms with Crippen LogP contribution in [0.1, 0.15) is 25.7 Å². The first-order valence-corrected chi connectivity index (χ1v) is 6.51. The number of hydrogen-bond donors (Lipinski definition) is 1. The molecule has 3 heteroatoms. The summed E-state index contributed by atoms with van der Waals surface area (Å²) in [5.74, 6) is 0. The van der Waals surface area contributed by atoms with Crippen molar-refractivity contribution in [3.8, 4) is 0 Å². The summed E-state index contributed by atoms with van der Waals surface area (Å²) < 4.78 is 0. The summed E-state index contributed by atoms with van der Waals surface area (Å²) in [5.41, 5.74) is 2.15. The van der Waals surface area contributed by atoms with E-state index in [0.717, 1.165) is 21.6 Å². The molecule has 1 aliphatic carbocycles. The molecule has 2 aromatic rings. The molecular weight excluding hydrogens is 232 g/mol. The second-order valence-corrected chi connectivity index (χ2v) is 5.08. The molecule has 0 spiro atoms. The maximum atomic E-state index is 6.05. The van der Waals surface area contributed by atoms with Crippen molar-refractivity contribution in [2.75, 3.05) is 5.32 Å². The molecule has 2 nitrogen and oxygen atoms in total. The van der Waals surface area contributed by atoms with Gasteiger partial charge in [0.15, 0.2) is 0 Å². The van der Waals surface area contributed by atoms with Crippen molar-refractivity contribution in [1.82, 2.24) is 4.98 Å². The maximum absolute atomic E-state index is 6.05. The zero-order valence-corrected chi connectivity index (χ0v) is 10.4. The lowest BCUT2D eigenvalue weighted by molar-refractivity contribution is 0.756. The lowest BCUT2D eigenvalue weighted by Crippen LogP contribution is -2.14. The zero-order valence-electron chi connectivity index (χ0n) is 9.62. The first-order chi connectivity index (χ1) is 8.33. The van der Waals surface area contributed by atoms with Crippen molar-refractivity contribution in [3.63, 3.8) is 0 Å². The molecule has 0 atom stereocenters. The van der Waals surface area contributed by atoms with Gasteiger partial charge in [0.25, 0.3) is 0 Å². The first kappa shape index (κ1) is 10.8. The Morgan fingerprint density at radius 3 is 2.82 bits per heavy atom. The highest BCUT2D eigenvalue weighted by atomic mass is 35.5. The Labute approximate surface area is 106 Å². The number of halogens is 1. The molecule has 3 rings (SSSR count). The fraction of sp³-hybridized carbons (Fsp3) is 0.357. The average Bonchev–Trinajstić information content (AvgIpc) is 2.83. The molecular formula is C14H15ClN2. The van der Waals surface area contributed by atoms with E-state index in [0.29, 0.717) is 6.04 Å². The Balaban J connectivity index is 1.99. The predicted octanol–water partition coefficient (Wildman–Crippen LogP) is 4.24. The monoisotopic (exact) mass is 246 g/mol. The third-order valence-corrected chi connectivity index (χ3v) is 3.65. The normalized spacial score (nSPS) is 16.5. The van der Waals surface area contributed by atoms with Crippen LogP contribution in [0.4, 0.5) is 5.69 Å². The molecule has 1 aromatic heterocycles. The van der Waals surface area contributed by atoms with Crippen molar-refractivity contribution in [3.05, 3.63) is 35.5 Å².